The normalized spacial score (nSPS) is 9.95. The largest absolute Gasteiger partial charge is 0.478 e. The Morgan fingerprint density at radius 3 is 2.62 bits per heavy atom. The topological polar surface area (TPSA) is 122 Å². The van der Waals surface area contributed by atoms with E-state index in [1.165, 1.54) is 12.1 Å². The van der Waals surface area contributed by atoms with Gasteiger partial charge in [-0.1, -0.05) is 6.92 Å². The van der Waals surface area contributed by atoms with Crippen LogP contribution in [0.15, 0.2) is 18.2 Å². The number of carbonyl (C=O) groups is 2. The Hall–Kier alpha value is -2.64. The molecule has 0 bridgehead atoms. The van der Waals surface area contributed by atoms with Crippen LogP contribution in [-0.2, 0) is 4.79 Å². The SMILES string of the molecule is CCCNC(=O)CCNc1cc(C(=O)O)ccc1[N+](=O)[O-]. The molecule has 0 spiro atoms. The smallest absolute Gasteiger partial charge is 0.335 e. The highest BCUT2D eigenvalue weighted by molar-refractivity contribution is 5.90. The van der Waals surface area contributed by atoms with Crippen molar-refractivity contribution in [3.05, 3.63) is 33.9 Å². The molecular formula is C13H17N3O5. The number of carboxylic acids is 1. The Balaban J connectivity index is 2.71. The molecule has 0 aliphatic rings. The first-order chi connectivity index (χ1) is 9.95. The van der Waals surface area contributed by atoms with Crippen molar-refractivity contribution >= 4 is 23.3 Å². The predicted octanol–water partition coefficient (Wildman–Crippen LogP) is 1.62. The number of anilines is 1. The second-order valence-electron chi connectivity index (χ2n) is 4.32. The van der Waals surface area contributed by atoms with Gasteiger partial charge in [-0.05, 0) is 18.6 Å². The number of carboxylic acid groups (broad SMARTS) is 1. The van der Waals surface area contributed by atoms with Gasteiger partial charge in [0.05, 0.1) is 10.5 Å². The van der Waals surface area contributed by atoms with Gasteiger partial charge >= 0.3 is 5.97 Å². The second kappa shape index (κ2) is 7.83. The third kappa shape index (κ3) is 5.09. The van der Waals surface area contributed by atoms with E-state index in [1.807, 2.05) is 6.92 Å². The fourth-order valence-corrected chi connectivity index (χ4v) is 1.63. The van der Waals surface area contributed by atoms with Gasteiger partial charge in [0.15, 0.2) is 0 Å². The molecular weight excluding hydrogens is 278 g/mol. The van der Waals surface area contributed by atoms with E-state index in [-0.39, 0.29) is 35.8 Å². The summed E-state index contributed by atoms with van der Waals surface area (Å²) in [5, 5.41) is 25.2. The van der Waals surface area contributed by atoms with E-state index in [2.05, 4.69) is 10.6 Å². The van der Waals surface area contributed by atoms with Gasteiger partial charge in [0.1, 0.15) is 5.69 Å². The van der Waals surface area contributed by atoms with Gasteiger partial charge in [0.25, 0.3) is 5.69 Å². The van der Waals surface area contributed by atoms with Crippen molar-refractivity contribution in [1.29, 1.82) is 0 Å². The maximum Gasteiger partial charge on any atom is 0.335 e. The van der Waals surface area contributed by atoms with Crippen LogP contribution in [0.1, 0.15) is 30.1 Å². The van der Waals surface area contributed by atoms with Crippen LogP contribution in [0.3, 0.4) is 0 Å². The zero-order chi connectivity index (χ0) is 15.8. The Kier molecular flexibility index (Phi) is 6.12. The lowest BCUT2D eigenvalue weighted by molar-refractivity contribution is -0.384. The van der Waals surface area contributed by atoms with E-state index >= 15 is 0 Å². The summed E-state index contributed by atoms with van der Waals surface area (Å²) in [6.07, 6.45) is 0.972. The van der Waals surface area contributed by atoms with Crippen molar-refractivity contribution in [3.8, 4) is 0 Å². The minimum atomic E-state index is -1.17. The summed E-state index contributed by atoms with van der Waals surface area (Å²) >= 11 is 0. The van der Waals surface area contributed by atoms with Crippen LogP contribution in [0.4, 0.5) is 11.4 Å². The fraction of sp³-hybridized carbons (Fsp3) is 0.385. The van der Waals surface area contributed by atoms with Crippen LogP contribution in [0.25, 0.3) is 0 Å². The Morgan fingerprint density at radius 1 is 1.33 bits per heavy atom. The molecule has 1 aromatic rings. The zero-order valence-electron chi connectivity index (χ0n) is 11.6. The van der Waals surface area contributed by atoms with Crippen molar-refractivity contribution < 1.29 is 19.6 Å². The van der Waals surface area contributed by atoms with Crippen LogP contribution >= 0.6 is 0 Å². The number of amides is 1. The first-order valence-corrected chi connectivity index (χ1v) is 6.48. The first kappa shape index (κ1) is 16.4. The van der Waals surface area contributed by atoms with Gasteiger partial charge in [0, 0.05) is 25.6 Å². The molecule has 8 heteroatoms. The number of aromatic carboxylic acids is 1. The van der Waals surface area contributed by atoms with E-state index < -0.39 is 10.9 Å². The molecule has 0 radical (unpaired) electrons. The highest BCUT2D eigenvalue weighted by atomic mass is 16.6. The van der Waals surface area contributed by atoms with Gasteiger partial charge in [-0.25, -0.2) is 4.79 Å². The van der Waals surface area contributed by atoms with Crippen molar-refractivity contribution in [2.75, 3.05) is 18.4 Å². The summed E-state index contributed by atoms with van der Waals surface area (Å²) in [5.74, 6) is -1.34. The number of nitro groups is 1. The van der Waals surface area contributed by atoms with Crippen molar-refractivity contribution in [3.63, 3.8) is 0 Å². The zero-order valence-corrected chi connectivity index (χ0v) is 11.6. The van der Waals surface area contributed by atoms with Gasteiger partial charge < -0.3 is 15.7 Å². The standard InChI is InChI=1S/C13H17N3O5/c1-2-6-15-12(17)5-7-14-10-8-9(13(18)19)3-4-11(10)16(20)21/h3-4,8,14H,2,5-7H2,1H3,(H,15,17)(H,18,19). The average Bonchev–Trinajstić information content (AvgIpc) is 2.44. The number of benzene rings is 1. The molecule has 0 unspecified atom stereocenters. The number of nitro benzene ring substituents is 1. The van der Waals surface area contributed by atoms with Crippen LogP contribution in [-0.4, -0.2) is 35.0 Å². The highest BCUT2D eigenvalue weighted by Gasteiger charge is 2.16. The molecule has 0 saturated carbocycles. The molecule has 0 heterocycles. The quantitative estimate of drug-likeness (QED) is 0.495. The van der Waals surface area contributed by atoms with E-state index in [0.717, 1.165) is 12.5 Å². The molecule has 1 rings (SSSR count). The van der Waals surface area contributed by atoms with Gasteiger partial charge in [-0.2, -0.15) is 0 Å². The third-order valence-electron chi connectivity index (χ3n) is 2.68. The van der Waals surface area contributed by atoms with Gasteiger partial charge in [0.2, 0.25) is 5.91 Å². The van der Waals surface area contributed by atoms with Crippen molar-refractivity contribution in [1.82, 2.24) is 5.32 Å². The summed E-state index contributed by atoms with van der Waals surface area (Å²) in [4.78, 5) is 32.6. The molecule has 0 aliphatic carbocycles. The van der Waals surface area contributed by atoms with Gasteiger partial charge in [-0.15, -0.1) is 0 Å². The Morgan fingerprint density at radius 2 is 2.05 bits per heavy atom. The van der Waals surface area contributed by atoms with Crippen LogP contribution < -0.4 is 10.6 Å². The number of rotatable bonds is 8. The molecule has 8 nitrogen and oxygen atoms in total. The maximum absolute atomic E-state index is 11.4. The van der Waals surface area contributed by atoms with Crippen molar-refractivity contribution in [2.24, 2.45) is 0 Å². The number of hydrogen-bond acceptors (Lipinski definition) is 5. The number of carbonyl (C=O) groups excluding carboxylic acids is 1. The minimum Gasteiger partial charge on any atom is -0.478 e. The van der Waals surface area contributed by atoms with Crippen molar-refractivity contribution in [2.45, 2.75) is 19.8 Å². The Labute approximate surface area is 121 Å². The lowest BCUT2D eigenvalue weighted by atomic mass is 10.1. The molecule has 1 aromatic carbocycles. The summed E-state index contributed by atoms with van der Waals surface area (Å²) < 4.78 is 0. The minimum absolute atomic E-state index is 0.0569. The molecule has 0 aliphatic heterocycles. The van der Waals surface area contributed by atoms with Gasteiger partial charge in [-0.3, -0.25) is 14.9 Å². The molecule has 1 amide bonds. The third-order valence-corrected chi connectivity index (χ3v) is 2.68. The number of nitrogens with zero attached hydrogens (tertiary/aromatic N) is 1. The molecule has 0 fully saturated rings. The van der Waals surface area contributed by atoms with E-state index in [1.54, 1.807) is 0 Å². The maximum atomic E-state index is 11.4. The average molecular weight is 295 g/mol. The molecule has 3 N–H and O–H groups in total. The summed E-state index contributed by atoms with van der Waals surface area (Å²) in [7, 11) is 0. The van der Waals surface area contributed by atoms with Crippen LogP contribution in [0, 0.1) is 10.1 Å². The summed E-state index contributed by atoms with van der Waals surface area (Å²) in [6.45, 7) is 2.69. The predicted molar refractivity (Wildman–Crippen MR) is 76.5 cm³/mol. The second-order valence-corrected chi connectivity index (χ2v) is 4.32. The fourth-order valence-electron chi connectivity index (χ4n) is 1.63. The molecule has 0 aromatic heterocycles. The van der Waals surface area contributed by atoms with E-state index in [0.29, 0.717) is 6.54 Å². The lowest BCUT2D eigenvalue weighted by Gasteiger charge is -2.08. The summed E-state index contributed by atoms with van der Waals surface area (Å²) in [5.41, 5.74) is -0.198. The molecule has 0 atom stereocenters. The number of hydrogen-bond donors (Lipinski definition) is 3. The molecule has 21 heavy (non-hydrogen) atoms. The lowest BCUT2D eigenvalue weighted by Crippen LogP contribution is -2.26. The molecule has 114 valence electrons. The van der Waals surface area contributed by atoms with Crippen LogP contribution in [0.5, 0.6) is 0 Å². The van der Waals surface area contributed by atoms with E-state index in [9.17, 15) is 19.7 Å². The Bertz CT molecular complexity index is 545. The number of nitrogens with one attached hydrogen (secondary N) is 2. The van der Waals surface area contributed by atoms with Crippen LogP contribution in [0.2, 0.25) is 0 Å². The summed E-state index contributed by atoms with van der Waals surface area (Å²) in [6, 6.07) is 3.48. The monoisotopic (exact) mass is 295 g/mol. The van der Waals surface area contributed by atoms with E-state index in [4.69, 9.17) is 5.11 Å². The highest BCUT2D eigenvalue weighted by Crippen LogP contribution is 2.25. The molecule has 0 saturated heterocycles. The first-order valence-electron chi connectivity index (χ1n) is 6.48.